The minimum absolute atomic E-state index is 0.247. The lowest BCUT2D eigenvalue weighted by Crippen LogP contribution is -2.07. The van der Waals surface area contributed by atoms with Crippen LogP contribution >= 0.6 is 11.8 Å². The van der Waals surface area contributed by atoms with Crippen molar-refractivity contribution in [3.63, 3.8) is 0 Å². The monoisotopic (exact) mass is 286 g/mol. The van der Waals surface area contributed by atoms with Crippen LogP contribution in [-0.2, 0) is 4.79 Å². The number of benzene rings is 1. The molecule has 20 heavy (non-hydrogen) atoms. The summed E-state index contributed by atoms with van der Waals surface area (Å²) < 4.78 is 0. The van der Waals surface area contributed by atoms with Gasteiger partial charge >= 0.3 is 0 Å². The van der Waals surface area contributed by atoms with Crippen molar-refractivity contribution in [2.24, 2.45) is 0 Å². The largest absolute Gasteiger partial charge is 0.324 e. The highest BCUT2D eigenvalue weighted by molar-refractivity contribution is 7.98. The fourth-order valence-corrected chi connectivity index (χ4v) is 1.89. The van der Waals surface area contributed by atoms with E-state index in [2.05, 4.69) is 27.2 Å². The van der Waals surface area contributed by atoms with Crippen LogP contribution in [0.3, 0.4) is 0 Å². The average Bonchev–Trinajstić information content (AvgIpc) is 2.47. The molecule has 102 valence electrons. The Kier molecular flexibility index (Phi) is 4.73. The average molecular weight is 286 g/mol. The minimum atomic E-state index is -0.247. The first-order chi connectivity index (χ1) is 9.71. The van der Waals surface area contributed by atoms with Crippen molar-refractivity contribution >= 4 is 35.0 Å². The molecule has 1 heterocycles. The second kappa shape index (κ2) is 6.72. The Morgan fingerprint density at radius 3 is 2.90 bits per heavy atom. The molecule has 0 bridgehead atoms. The molecule has 2 aromatic rings. The third kappa shape index (κ3) is 3.83. The normalized spacial score (nSPS) is 9.85. The number of nitrogens with one attached hydrogen (secondary N) is 2. The van der Waals surface area contributed by atoms with Crippen molar-refractivity contribution in [2.75, 3.05) is 16.9 Å². The summed E-state index contributed by atoms with van der Waals surface area (Å²) >= 11 is 1.55. The molecular formula is C14H14N4OS. The number of rotatable bonds is 5. The van der Waals surface area contributed by atoms with Gasteiger partial charge in [0, 0.05) is 17.6 Å². The quantitative estimate of drug-likeness (QED) is 0.502. The van der Waals surface area contributed by atoms with Gasteiger partial charge in [0.1, 0.15) is 5.03 Å². The Morgan fingerprint density at radius 2 is 2.15 bits per heavy atom. The number of carbonyl (C=O) groups is 1. The first kappa shape index (κ1) is 14.1. The molecule has 1 aromatic carbocycles. The van der Waals surface area contributed by atoms with Gasteiger partial charge in [-0.15, -0.1) is 11.8 Å². The van der Waals surface area contributed by atoms with Crippen LogP contribution < -0.4 is 10.6 Å². The summed E-state index contributed by atoms with van der Waals surface area (Å²) in [5, 5.41) is 6.68. The summed E-state index contributed by atoms with van der Waals surface area (Å²) in [6.07, 6.45) is 4.88. The topological polar surface area (TPSA) is 66.9 Å². The van der Waals surface area contributed by atoms with Crippen LogP contribution in [0.5, 0.6) is 0 Å². The molecule has 2 rings (SSSR count). The highest BCUT2D eigenvalue weighted by Crippen LogP contribution is 2.19. The molecule has 0 unspecified atom stereocenters. The smallest absolute Gasteiger partial charge is 0.247 e. The second-order valence-electron chi connectivity index (χ2n) is 3.82. The summed E-state index contributed by atoms with van der Waals surface area (Å²) in [6.45, 7) is 3.42. The van der Waals surface area contributed by atoms with E-state index in [9.17, 15) is 4.79 Å². The van der Waals surface area contributed by atoms with Crippen molar-refractivity contribution in [3.8, 4) is 0 Å². The van der Waals surface area contributed by atoms with Crippen LogP contribution in [0.25, 0.3) is 0 Å². The molecule has 0 spiro atoms. The summed E-state index contributed by atoms with van der Waals surface area (Å²) in [5.74, 6) is 0.270. The minimum Gasteiger partial charge on any atom is -0.324 e. The van der Waals surface area contributed by atoms with E-state index in [1.165, 1.54) is 6.08 Å². The first-order valence-electron chi connectivity index (χ1n) is 5.89. The Hall–Kier alpha value is -2.34. The molecule has 0 aliphatic carbocycles. The standard InChI is InChI=1S/C14H14N4OS/c1-3-12(19)16-10-5-4-6-11(9-10)17-14-15-8-7-13(18-14)20-2/h3-9H,1H2,2H3,(H,16,19)(H,15,17,18). The van der Waals surface area contributed by atoms with Crippen molar-refractivity contribution in [1.29, 1.82) is 0 Å². The molecule has 2 N–H and O–H groups in total. The number of carbonyl (C=O) groups excluding carboxylic acids is 1. The third-order valence-electron chi connectivity index (χ3n) is 2.41. The zero-order valence-corrected chi connectivity index (χ0v) is 11.8. The van der Waals surface area contributed by atoms with E-state index < -0.39 is 0 Å². The lowest BCUT2D eigenvalue weighted by Gasteiger charge is -2.08. The maximum atomic E-state index is 11.3. The molecule has 1 amide bonds. The van der Waals surface area contributed by atoms with Crippen molar-refractivity contribution in [2.45, 2.75) is 5.03 Å². The van der Waals surface area contributed by atoms with Gasteiger partial charge in [0.2, 0.25) is 11.9 Å². The molecule has 0 atom stereocenters. The van der Waals surface area contributed by atoms with Gasteiger partial charge in [-0.25, -0.2) is 9.97 Å². The maximum Gasteiger partial charge on any atom is 0.247 e. The van der Waals surface area contributed by atoms with E-state index in [4.69, 9.17) is 0 Å². The fraction of sp³-hybridized carbons (Fsp3) is 0.0714. The van der Waals surface area contributed by atoms with Crippen LogP contribution in [0.15, 0.2) is 54.2 Å². The van der Waals surface area contributed by atoms with Gasteiger partial charge in [-0.3, -0.25) is 4.79 Å². The predicted molar refractivity (Wildman–Crippen MR) is 82.4 cm³/mol. The van der Waals surface area contributed by atoms with E-state index in [-0.39, 0.29) is 5.91 Å². The molecule has 0 saturated heterocycles. The number of hydrogen-bond acceptors (Lipinski definition) is 5. The van der Waals surface area contributed by atoms with E-state index >= 15 is 0 Å². The van der Waals surface area contributed by atoms with Crippen LogP contribution in [-0.4, -0.2) is 22.1 Å². The van der Waals surface area contributed by atoms with Gasteiger partial charge in [0.15, 0.2) is 0 Å². The lowest BCUT2D eigenvalue weighted by atomic mass is 10.2. The molecule has 0 saturated carbocycles. The van der Waals surface area contributed by atoms with E-state index in [1.807, 2.05) is 24.5 Å². The van der Waals surface area contributed by atoms with Gasteiger partial charge in [-0.1, -0.05) is 12.6 Å². The van der Waals surface area contributed by atoms with Crippen LogP contribution in [0.1, 0.15) is 0 Å². The molecule has 0 aliphatic rings. The third-order valence-corrected chi connectivity index (χ3v) is 3.06. The summed E-state index contributed by atoms with van der Waals surface area (Å²) in [7, 11) is 0. The van der Waals surface area contributed by atoms with E-state index in [1.54, 1.807) is 30.1 Å². The van der Waals surface area contributed by atoms with Crippen LogP contribution in [0.2, 0.25) is 0 Å². The number of amides is 1. The highest BCUT2D eigenvalue weighted by atomic mass is 32.2. The number of thioether (sulfide) groups is 1. The van der Waals surface area contributed by atoms with Crippen molar-refractivity contribution in [1.82, 2.24) is 9.97 Å². The van der Waals surface area contributed by atoms with Gasteiger partial charge in [-0.05, 0) is 36.6 Å². The first-order valence-corrected chi connectivity index (χ1v) is 7.11. The van der Waals surface area contributed by atoms with Gasteiger partial charge in [0.25, 0.3) is 0 Å². The summed E-state index contributed by atoms with van der Waals surface area (Å²) in [5.41, 5.74) is 1.48. The summed E-state index contributed by atoms with van der Waals surface area (Å²) in [4.78, 5) is 19.7. The van der Waals surface area contributed by atoms with E-state index in [0.717, 1.165) is 10.7 Å². The Balaban J connectivity index is 2.14. The molecule has 1 aromatic heterocycles. The molecular weight excluding hydrogens is 272 g/mol. The highest BCUT2D eigenvalue weighted by Gasteiger charge is 2.02. The van der Waals surface area contributed by atoms with Crippen LogP contribution in [0.4, 0.5) is 17.3 Å². The molecule has 6 heteroatoms. The fourth-order valence-electron chi connectivity index (χ4n) is 1.51. The van der Waals surface area contributed by atoms with E-state index in [0.29, 0.717) is 11.6 Å². The molecule has 0 radical (unpaired) electrons. The Bertz CT molecular complexity index is 630. The van der Waals surface area contributed by atoms with Crippen molar-refractivity contribution in [3.05, 3.63) is 49.2 Å². The summed E-state index contributed by atoms with van der Waals surface area (Å²) in [6, 6.07) is 9.15. The Morgan fingerprint density at radius 1 is 1.35 bits per heavy atom. The molecule has 5 nitrogen and oxygen atoms in total. The molecule has 0 aliphatic heterocycles. The van der Waals surface area contributed by atoms with Crippen molar-refractivity contribution < 1.29 is 4.79 Å². The Labute approximate surface area is 121 Å². The zero-order chi connectivity index (χ0) is 14.4. The SMILES string of the molecule is C=CC(=O)Nc1cccc(Nc2nccc(SC)n2)c1. The van der Waals surface area contributed by atoms with Gasteiger partial charge in [-0.2, -0.15) is 0 Å². The number of nitrogens with zero attached hydrogens (tertiary/aromatic N) is 2. The van der Waals surface area contributed by atoms with Crippen LogP contribution in [0, 0.1) is 0 Å². The second-order valence-corrected chi connectivity index (χ2v) is 4.65. The number of aromatic nitrogens is 2. The number of anilines is 3. The zero-order valence-electron chi connectivity index (χ0n) is 11.0. The van der Waals surface area contributed by atoms with Gasteiger partial charge < -0.3 is 10.6 Å². The maximum absolute atomic E-state index is 11.3. The van der Waals surface area contributed by atoms with Gasteiger partial charge in [0.05, 0.1) is 0 Å². The number of hydrogen-bond donors (Lipinski definition) is 2. The predicted octanol–water partition coefficient (Wildman–Crippen LogP) is 3.07. The lowest BCUT2D eigenvalue weighted by molar-refractivity contribution is -0.111. The molecule has 0 fully saturated rings.